The van der Waals surface area contributed by atoms with Crippen molar-refractivity contribution < 1.29 is 22.7 Å². The molecule has 0 unspecified atom stereocenters. The molecule has 0 aliphatic heterocycles. The van der Waals surface area contributed by atoms with Gasteiger partial charge in [-0.3, -0.25) is 4.79 Å². The van der Waals surface area contributed by atoms with Gasteiger partial charge in [-0.2, -0.15) is 4.39 Å². The van der Waals surface area contributed by atoms with Gasteiger partial charge in [0.05, 0.1) is 18.6 Å². The van der Waals surface area contributed by atoms with Crippen molar-refractivity contribution in [2.24, 2.45) is 0 Å². The van der Waals surface area contributed by atoms with E-state index in [0.29, 0.717) is 0 Å². The lowest BCUT2D eigenvalue weighted by atomic mass is 10.1. The molecule has 1 rings (SSSR count). The van der Waals surface area contributed by atoms with Crippen molar-refractivity contribution in [1.82, 2.24) is 4.98 Å². The van der Waals surface area contributed by atoms with Crippen LogP contribution in [0.1, 0.15) is 24.5 Å². The fourth-order valence-electron chi connectivity index (χ4n) is 1.20. The van der Waals surface area contributed by atoms with E-state index in [1.165, 1.54) is 0 Å². The van der Waals surface area contributed by atoms with Crippen LogP contribution in [0.4, 0.5) is 13.2 Å². The number of nitrogens with zero attached hydrogens (tertiary/aromatic N) is 1. The Labute approximate surface area is 104 Å². The third-order valence-corrected chi connectivity index (χ3v) is 2.87. The summed E-state index contributed by atoms with van der Waals surface area (Å²) in [6.07, 6.45) is -2.21. The van der Waals surface area contributed by atoms with E-state index in [4.69, 9.17) is 0 Å². The highest BCUT2D eigenvalue weighted by atomic mass is 79.9. The minimum absolute atomic E-state index is 0.145. The van der Waals surface area contributed by atoms with Gasteiger partial charge >= 0.3 is 5.97 Å². The Morgan fingerprint density at radius 1 is 1.59 bits per heavy atom. The van der Waals surface area contributed by atoms with E-state index >= 15 is 0 Å². The van der Waals surface area contributed by atoms with E-state index in [0.717, 1.165) is 6.20 Å². The molecule has 0 aliphatic carbocycles. The summed E-state index contributed by atoms with van der Waals surface area (Å²) in [6.45, 7) is 1.81. The van der Waals surface area contributed by atoms with Crippen LogP contribution in [0.5, 0.6) is 0 Å². The van der Waals surface area contributed by atoms with E-state index in [1.807, 2.05) is 0 Å². The maximum atomic E-state index is 13.0. The molecule has 94 valence electrons. The minimum atomic E-state index is -3.00. The third-order valence-electron chi connectivity index (χ3n) is 1.93. The van der Waals surface area contributed by atoms with Crippen LogP contribution in [-0.4, -0.2) is 17.6 Å². The first-order valence-electron chi connectivity index (χ1n) is 4.73. The van der Waals surface area contributed by atoms with E-state index in [2.05, 4.69) is 25.7 Å². The maximum Gasteiger partial charge on any atom is 0.310 e. The first-order valence-corrected chi connectivity index (χ1v) is 5.53. The molecule has 0 atom stereocenters. The quantitative estimate of drug-likeness (QED) is 0.634. The van der Waals surface area contributed by atoms with Gasteiger partial charge in [0.2, 0.25) is 5.95 Å². The fourth-order valence-corrected chi connectivity index (χ4v) is 1.78. The molecular weight excluding hydrogens is 303 g/mol. The second kappa shape index (κ2) is 6.00. The van der Waals surface area contributed by atoms with Crippen LogP contribution in [0, 0.1) is 5.95 Å². The molecule has 0 radical (unpaired) electrons. The first-order chi connectivity index (χ1) is 7.97. The average Bonchev–Trinajstić information content (AvgIpc) is 2.22. The summed E-state index contributed by atoms with van der Waals surface area (Å²) >= 11 is 2.84. The zero-order valence-corrected chi connectivity index (χ0v) is 10.4. The summed E-state index contributed by atoms with van der Waals surface area (Å²) in [5.41, 5.74) is -0.674. The normalized spacial score (nSPS) is 10.7. The van der Waals surface area contributed by atoms with Crippen LogP contribution >= 0.6 is 15.9 Å². The molecule has 0 spiro atoms. The summed E-state index contributed by atoms with van der Waals surface area (Å²) in [5.74, 6) is -1.83. The summed E-state index contributed by atoms with van der Waals surface area (Å²) in [4.78, 5) is 14.4. The Balaban J connectivity index is 3.02. The Kier molecular flexibility index (Phi) is 4.92. The van der Waals surface area contributed by atoms with E-state index in [1.54, 1.807) is 6.92 Å². The lowest BCUT2D eigenvalue weighted by Gasteiger charge is -2.09. The van der Waals surface area contributed by atoms with Gasteiger partial charge in [-0.25, -0.2) is 13.8 Å². The van der Waals surface area contributed by atoms with Crippen molar-refractivity contribution in [1.29, 1.82) is 0 Å². The molecule has 1 aromatic heterocycles. The first kappa shape index (κ1) is 14.0. The van der Waals surface area contributed by atoms with Crippen LogP contribution in [0.25, 0.3) is 0 Å². The number of aromatic nitrogens is 1. The number of hydrogen-bond acceptors (Lipinski definition) is 3. The molecule has 0 saturated heterocycles. The molecule has 0 aliphatic rings. The van der Waals surface area contributed by atoms with Gasteiger partial charge < -0.3 is 4.74 Å². The number of rotatable bonds is 4. The molecule has 0 N–H and O–H groups in total. The number of halogens is 4. The third kappa shape index (κ3) is 3.42. The standard InChI is InChI=1S/C10H9BrF3NO2/c1-2-17-6(16)3-5-4-15-10(14)7(8(5)11)9(12)13/h4,9H,2-3H2,1H3. The van der Waals surface area contributed by atoms with Crippen molar-refractivity contribution in [2.45, 2.75) is 19.8 Å². The molecule has 0 aromatic carbocycles. The van der Waals surface area contributed by atoms with Crippen molar-refractivity contribution in [3.63, 3.8) is 0 Å². The van der Waals surface area contributed by atoms with E-state index in [-0.39, 0.29) is 23.1 Å². The summed E-state index contributed by atoms with van der Waals surface area (Å²) in [6, 6.07) is 0. The lowest BCUT2D eigenvalue weighted by Crippen LogP contribution is -2.10. The molecule has 1 aromatic rings. The van der Waals surface area contributed by atoms with Crippen molar-refractivity contribution in [3.8, 4) is 0 Å². The molecule has 0 bridgehead atoms. The molecule has 0 fully saturated rings. The predicted octanol–water partition coefficient (Wildman–Crippen LogP) is 3.03. The Hall–Kier alpha value is -1.11. The average molecular weight is 312 g/mol. The SMILES string of the molecule is CCOC(=O)Cc1cnc(F)c(C(F)F)c1Br. The number of pyridine rings is 1. The molecular formula is C10H9BrF3NO2. The highest BCUT2D eigenvalue weighted by Crippen LogP contribution is 2.31. The summed E-state index contributed by atoms with van der Waals surface area (Å²) in [5, 5.41) is 0. The van der Waals surface area contributed by atoms with Crippen LogP contribution in [0.2, 0.25) is 0 Å². The molecule has 0 saturated carbocycles. The fraction of sp³-hybridized carbons (Fsp3) is 0.400. The van der Waals surface area contributed by atoms with Crippen LogP contribution in [-0.2, 0) is 16.0 Å². The molecule has 7 heteroatoms. The smallest absolute Gasteiger partial charge is 0.310 e. The van der Waals surface area contributed by atoms with Gasteiger partial charge in [0.1, 0.15) is 0 Å². The summed E-state index contributed by atoms with van der Waals surface area (Å²) < 4.78 is 42.6. The van der Waals surface area contributed by atoms with Gasteiger partial charge in [0.25, 0.3) is 6.43 Å². The van der Waals surface area contributed by atoms with Crippen molar-refractivity contribution >= 4 is 21.9 Å². The second-order valence-electron chi connectivity index (χ2n) is 3.08. The number of esters is 1. The largest absolute Gasteiger partial charge is 0.466 e. The zero-order chi connectivity index (χ0) is 13.0. The molecule has 3 nitrogen and oxygen atoms in total. The topological polar surface area (TPSA) is 39.2 Å². The number of carbonyl (C=O) groups is 1. The Bertz CT molecular complexity index is 426. The van der Waals surface area contributed by atoms with Crippen LogP contribution in [0.15, 0.2) is 10.7 Å². The maximum absolute atomic E-state index is 13.0. The van der Waals surface area contributed by atoms with Gasteiger partial charge in [-0.15, -0.1) is 0 Å². The van der Waals surface area contributed by atoms with Crippen molar-refractivity contribution in [2.75, 3.05) is 6.61 Å². The minimum Gasteiger partial charge on any atom is -0.466 e. The molecule has 17 heavy (non-hydrogen) atoms. The highest BCUT2D eigenvalue weighted by Gasteiger charge is 2.22. The predicted molar refractivity (Wildman–Crippen MR) is 57.2 cm³/mol. The van der Waals surface area contributed by atoms with E-state index < -0.39 is 23.9 Å². The Morgan fingerprint density at radius 3 is 2.76 bits per heavy atom. The van der Waals surface area contributed by atoms with Crippen LogP contribution < -0.4 is 0 Å². The Morgan fingerprint density at radius 2 is 2.24 bits per heavy atom. The number of alkyl halides is 2. The highest BCUT2D eigenvalue weighted by molar-refractivity contribution is 9.10. The number of ether oxygens (including phenoxy) is 1. The number of carbonyl (C=O) groups excluding carboxylic acids is 1. The van der Waals surface area contributed by atoms with E-state index in [9.17, 15) is 18.0 Å². The molecule has 1 heterocycles. The van der Waals surface area contributed by atoms with Gasteiger partial charge in [-0.1, -0.05) is 0 Å². The zero-order valence-electron chi connectivity index (χ0n) is 8.84. The lowest BCUT2D eigenvalue weighted by molar-refractivity contribution is -0.142. The monoisotopic (exact) mass is 311 g/mol. The number of hydrogen-bond donors (Lipinski definition) is 0. The van der Waals surface area contributed by atoms with Gasteiger partial charge in [0, 0.05) is 10.7 Å². The molecule has 0 amide bonds. The van der Waals surface area contributed by atoms with Crippen molar-refractivity contribution in [3.05, 3.63) is 27.7 Å². The second-order valence-corrected chi connectivity index (χ2v) is 3.88. The van der Waals surface area contributed by atoms with Crippen LogP contribution in [0.3, 0.4) is 0 Å². The summed E-state index contributed by atoms with van der Waals surface area (Å²) in [7, 11) is 0. The van der Waals surface area contributed by atoms with Gasteiger partial charge in [-0.05, 0) is 28.4 Å². The van der Waals surface area contributed by atoms with Gasteiger partial charge in [0.15, 0.2) is 0 Å².